The first-order valence-electron chi connectivity index (χ1n) is 49.3. The monoisotopic (exact) mass is 1790 g/mol. The zero-order valence-corrected chi connectivity index (χ0v) is 81.8. The maximum absolute atomic E-state index is 2.45. The van der Waals surface area contributed by atoms with Crippen molar-refractivity contribution >= 4 is 141 Å². The van der Waals surface area contributed by atoms with Crippen LogP contribution in [0.25, 0.3) is 225 Å². The Morgan fingerprint density at radius 2 is 0.374 bits per heavy atom. The molecule has 0 atom stereocenters. The molecule has 0 aliphatic carbocycles. The highest BCUT2D eigenvalue weighted by Gasteiger charge is 2.29. The molecule has 0 spiro atoms. The zero-order valence-electron chi connectivity index (χ0n) is 81.8. The lowest BCUT2D eigenvalue weighted by Gasteiger charge is -2.25. The van der Waals surface area contributed by atoms with Crippen LogP contribution in [-0.4, -0.2) is 13.7 Å². The van der Waals surface area contributed by atoms with E-state index < -0.39 is 0 Å². The molecule has 672 valence electrons. The van der Waals surface area contributed by atoms with Gasteiger partial charge in [-0.05, 0) is 297 Å². The summed E-state index contributed by atoms with van der Waals surface area (Å²) in [6, 6.07) is 160. The van der Waals surface area contributed by atoms with Crippen molar-refractivity contribution in [3.63, 3.8) is 0 Å². The average molecular weight is 1790 g/mol. The Bertz CT molecular complexity index is 9010. The number of aryl methyl sites for hydroxylation is 2. The maximum atomic E-state index is 2.45. The van der Waals surface area contributed by atoms with Gasteiger partial charge in [0.05, 0.1) is 33.1 Å². The summed E-state index contributed by atoms with van der Waals surface area (Å²) in [6.45, 7) is 32.1. The van der Waals surface area contributed by atoms with Crippen LogP contribution in [-0.2, 0) is 21.7 Å². The topological polar surface area (TPSA) is 14.8 Å². The second kappa shape index (κ2) is 34.1. The number of benzene rings is 22. The number of rotatable bonds is 9. The standard InChI is InChI=1S/C46H35N.C46H41N.C44H37N/c1-46(2,3)32-25-28-40-41(29-32)44(38-18-6-7-19-39(38)45(40)37-20-12-14-30-13-4-5-15-34(30)37)31-23-26-33(27-24-31)47-42-21-10-8-16-35(42)36-17-9-11-22-43(36)47;1-45(2,3)32-23-27-38-39(28-32)43(30-14-8-7-9-15-30)37-26-22-33(46(4,5)6)29-40(37)44(38)31-20-24-34(25-21-31)47-41-18-12-10-16-35(41)36-17-11-13-19-42(36)47;1-28-24-29(2)26-31(25-28)43-37-15-7-6-14-36(37)42(39-27-32(44(3,4)5)20-23-38(39)43)30-18-21-33(22-19-30)45-40-16-10-8-12-34(40)35-13-9-11-17-41(35)45/h4-29H,1-3H3;7-29H,1-6H3;6-27H,1-5H3. The van der Waals surface area contributed by atoms with Gasteiger partial charge in [0.15, 0.2) is 0 Å². The first-order chi connectivity index (χ1) is 67.3. The molecule has 0 unspecified atom stereocenters. The molecule has 0 aliphatic heterocycles. The SMILES string of the molecule is CC(C)(C)c1ccc2c(-c3ccc(-n4c5ccccc5c5ccccc54)cc3)c3cc(C(C)(C)C)ccc3c(-c3ccccc3)c2c1.CC(C)(C)c1ccc2c(-c3cccc4ccccc34)c3ccccc3c(-c3ccc(-n4c5ccccc5c5ccccc54)cc3)c2c1.Cc1cc(C)cc(-c2c3ccccc3c(-c3ccc(-n4c5ccccc5c5ccccc54)cc3)c3cc(C(C)(C)C)ccc23)c1. The van der Waals surface area contributed by atoms with Crippen LogP contribution in [0.2, 0.25) is 0 Å². The summed E-state index contributed by atoms with van der Waals surface area (Å²) in [6.07, 6.45) is 0. The van der Waals surface area contributed by atoms with E-state index in [-0.39, 0.29) is 21.7 Å². The summed E-state index contributed by atoms with van der Waals surface area (Å²) in [4.78, 5) is 0. The van der Waals surface area contributed by atoms with E-state index in [1.807, 2.05) is 0 Å². The third-order valence-electron chi connectivity index (χ3n) is 29.2. The van der Waals surface area contributed by atoms with Crippen LogP contribution >= 0.6 is 0 Å². The summed E-state index contributed by atoms with van der Waals surface area (Å²) in [5.74, 6) is 0. The second-order valence-corrected chi connectivity index (χ2v) is 42.4. The fraction of sp³-hybridized carbons (Fsp3) is 0.132. The lowest BCUT2D eigenvalue weighted by atomic mass is 9.79. The third kappa shape index (κ3) is 15.3. The van der Waals surface area contributed by atoms with E-state index in [0.29, 0.717) is 0 Å². The molecule has 0 amide bonds. The van der Waals surface area contributed by atoms with Crippen LogP contribution in [0, 0.1) is 13.8 Å². The van der Waals surface area contributed by atoms with Crippen LogP contribution in [0.4, 0.5) is 0 Å². The molecule has 0 N–H and O–H groups in total. The van der Waals surface area contributed by atoms with E-state index in [9.17, 15) is 0 Å². The van der Waals surface area contributed by atoms with Crippen molar-refractivity contribution in [1.29, 1.82) is 0 Å². The van der Waals surface area contributed by atoms with Gasteiger partial charge in [-0.3, -0.25) is 0 Å². The van der Waals surface area contributed by atoms with E-state index in [1.165, 1.54) is 258 Å². The lowest BCUT2D eigenvalue weighted by molar-refractivity contribution is 0.590. The molecule has 0 radical (unpaired) electrons. The van der Waals surface area contributed by atoms with Crippen LogP contribution in [0.15, 0.2) is 431 Å². The minimum absolute atomic E-state index is 0.0249. The van der Waals surface area contributed by atoms with Gasteiger partial charge in [0, 0.05) is 49.4 Å². The van der Waals surface area contributed by atoms with Gasteiger partial charge in [0.1, 0.15) is 0 Å². The Morgan fingerprint density at radius 1 is 0.151 bits per heavy atom. The van der Waals surface area contributed by atoms with Crippen LogP contribution in [0.5, 0.6) is 0 Å². The maximum Gasteiger partial charge on any atom is 0.0541 e. The van der Waals surface area contributed by atoms with Crippen LogP contribution < -0.4 is 0 Å². The van der Waals surface area contributed by atoms with Crippen LogP contribution in [0.3, 0.4) is 0 Å². The smallest absolute Gasteiger partial charge is 0.0541 e. The minimum Gasteiger partial charge on any atom is -0.309 e. The number of hydrogen-bond donors (Lipinski definition) is 0. The predicted molar refractivity (Wildman–Crippen MR) is 602 cm³/mol. The molecule has 3 nitrogen and oxygen atoms in total. The zero-order chi connectivity index (χ0) is 95.1. The van der Waals surface area contributed by atoms with Crippen molar-refractivity contribution in [1.82, 2.24) is 13.7 Å². The van der Waals surface area contributed by atoms with Crippen molar-refractivity contribution in [3.8, 4) is 83.8 Å². The Kier molecular flexibility index (Phi) is 21.4. The summed E-state index contributed by atoms with van der Waals surface area (Å²) in [5, 5.41) is 25.8. The Balaban J connectivity index is 0.000000117. The molecule has 25 aromatic rings. The number of aromatic nitrogens is 3. The van der Waals surface area contributed by atoms with Gasteiger partial charge in [0.2, 0.25) is 0 Å². The van der Waals surface area contributed by atoms with Gasteiger partial charge in [-0.2, -0.15) is 0 Å². The first kappa shape index (κ1) is 87.1. The van der Waals surface area contributed by atoms with Gasteiger partial charge in [0.25, 0.3) is 0 Å². The fourth-order valence-corrected chi connectivity index (χ4v) is 22.4. The quantitative estimate of drug-likeness (QED) is 0.128. The van der Waals surface area contributed by atoms with Gasteiger partial charge >= 0.3 is 0 Å². The van der Waals surface area contributed by atoms with Gasteiger partial charge in [-0.15, -0.1) is 0 Å². The molecule has 0 saturated carbocycles. The van der Waals surface area contributed by atoms with Crippen LogP contribution in [0.1, 0.15) is 116 Å². The summed E-state index contributed by atoms with van der Waals surface area (Å²) < 4.78 is 7.19. The highest BCUT2D eigenvalue weighted by Crippen LogP contribution is 2.52. The summed E-state index contributed by atoms with van der Waals surface area (Å²) >= 11 is 0. The third-order valence-corrected chi connectivity index (χ3v) is 29.2. The molecule has 22 aromatic carbocycles. The number of fused-ring (bicyclic) bond motifs is 16. The minimum atomic E-state index is 0.0249. The average Bonchev–Trinajstić information content (AvgIpc) is 1.14. The number of nitrogens with zero attached hydrogens (tertiary/aromatic N) is 3. The van der Waals surface area contributed by atoms with Crippen molar-refractivity contribution in [2.45, 2.75) is 119 Å². The highest BCUT2D eigenvalue weighted by atomic mass is 15.0. The molecule has 0 saturated heterocycles. The molecule has 3 heteroatoms. The molecular formula is C136H113N3. The van der Waals surface area contributed by atoms with Gasteiger partial charge in [-0.1, -0.05) is 428 Å². The van der Waals surface area contributed by atoms with Gasteiger partial charge < -0.3 is 13.7 Å². The highest BCUT2D eigenvalue weighted by molar-refractivity contribution is 6.26. The molecule has 139 heavy (non-hydrogen) atoms. The summed E-state index contributed by atoms with van der Waals surface area (Å²) in [5.41, 5.74) is 34.3. The predicted octanol–water partition coefficient (Wildman–Crippen LogP) is 38.2. The molecule has 0 fully saturated rings. The normalized spacial score (nSPS) is 12.2. The van der Waals surface area contributed by atoms with Gasteiger partial charge in [-0.25, -0.2) is 0 Å². The first-order valence-corrected chi connectivity index (χ1v) is 49.3. The van der Waals surface area contributed by atoms with Crippen molar-refractivity contribution in [2.24, 2.45) is 0 Å². The number of para-hydroxylation sites is 6. The van der Waals surface area contributed by atoms with E-state index in [1.54, 1.807) is 0 Å². The Labute approximate surface area is 815 Å². The van der Waals surface area contributed by atoms with Crippen molar-refractivity contribution in [3.05, 3.63) is 464 Å². The largest absolute Gasteiger partial charge is 0.309 e. The fourth-order valence-electron chi connectivity index (χ4n) is 22.4. The molecular weight excluding hydrogens is 1680 g/mol. The molecule has 3 aromatic heterocycles. The second-order valence-electron chi connectivity index (χ2n) is 42.4. The lowest BCUT2D eigenvalue weighted by Crippen LogP contribution is -2.11. The Hall–Kier alpha value is -15.9. The van der Waals surface area contributed by atoms with Crippen molar-refractivity contribution in [2.75, 3.05) is 0 Å². The van der Waals surface area contributed by atoms with E-state index in [4.69, 9.17) is 0 Å². The van der Waals surface area contributed by atoms with E-state index in [2.05, 4.69) is 541 Å². The summed E-state index contributed by atoms with van der Waals surface area (Å²) in [7, 11) is 0. The molecule has 0 aliphatic rings. The number of hydrogen-bond acceptors (Lipinski definition) is 0. The molecule has 25 rings (SSSR count). The molecule has 0 bridgehead atoms. The van der Waals surface area contributed by atoms with E-state index >= 15 is 0 Å². The Morgan fingerprint density at radius 3 is 0.669 bits per heavy atom. The van der Waals surface area contributed by atoms with Crippen molar-refractivity contribution < 1.29 is 0 Å². The van der Waals surface area contributed by atoms with E-state index in [0.717, 1.165) is 0 Å². The molecule has 3 heterocycles.